The molecule has 0 fully saturated rings. The van der Waals surface area contributed by atoms with Gasteiger partial charge in [0.15, 0.2) is 6.61 Å². The summed E-state index contributed by atoms with van der Waals surface area (Å²) >= 11 is 0. The van der Waals surface area contributed by atoms with Crippen LogP contribution >= 0.6 is 0 Å². The van der Waals surface area contributed by atoms with Gasteiger partial charge in [0, 0.05) is 28.7 Å². The number of rotatable bonds is 5. The largest absolute Gasteiger partial charge is 0.454 e. The lowest BCUT2D eigenvalue weighted by atomic mass is 10.1. The molecule has 2 aromatic rings. The van der Waals surface area contributed by atoms with Crippen molar-refractivity contribution < 1.29 is 18.7 Å². The smallest absolute Gasteiger partial charge is 0.331 e. The monoisotopic (exact) mass is 329 g/mol. The van der Waals surface area contributed by atoms with Gasteiger partial charge in [-0.05, 0) is 58.0 Å². The van der Waals surface area contributed by atoms with Gasteiger partial charge in [0.05, 0.1) is 0 Å². The Kier molecular flexibility index (Phi) is 5.34. The van der Waals surface area contributed by atoms with Crippen LogP contribution in [0.25, 0.3) is 5.69 Å². The van der Waals surface area contributed by atoms with Gasteiger partial charge < -0.3 is 9.30 Å². The van der Waals surface area contributed by atoms with E-state index in [-0.39, 0.29) is 18.2 Å². The fourth-order valence-electron chi connectivity index (χ4n) is 2.52. The van der Waals surface area contributed by atoms with Crippen molar-refractivity contribution >= 4 is 11.8 Å². The molecule has 1 aromatic carbocycles. The highest BCUT2D eigenvalue weighted by Gasteiger charge is 2.17. The first-order valence-electron chi connectivity index (χ1n) is 7.59. The summed E-state index contributed by atoms with van der Waals surface area (Å²) in [6.45, 7) is 6.92. The van der Waals surface area contributed by atoms with Crippen molar-refractivity contribution in [2.75, 3.05) is 6.61 Å². The van der Waals surface area contributed by atoms with Crippen LogP contribution in [0.1, 0.15) is 35.6 Å². The zero-order chi connectivity index (χ0) is 17.9. The first kappa shape index (κ1) is 17.7. The predicted molar refractivity (Wildman–Crippen MR) is 89.9 cm³/mol. The fraction of sp³-hybridized carbons (Fsp3) is 0.263. The van der Waals surface area contributed by atoms with Crippen molar-refractivity contribution in [3.63, 3.8) is 0 Å². The third kappa shape index (κ3) is 3.98. The summed E-state index contributed by atoms with van der Waals surface area (Å²) in [5, 5.41) is 0. The zero-order valence-corrected chi connectivity index (χ0v) is 14.2. The average molecular weight is 329 g/mol. The molecule has 0 atom stereocenters. The van der Waals surface area contributed by atoms with E-state index in [0.29, 0.717) is 5.56 Å². The van der Waals surface area contributed by atoms with E-state index in [2.05, 4.69) is 0 Å². The number of Topliss-reactive ketones (excluding diaryl/α,β-unsaturated/α-hetero) is 1. The number of aryl methyl sites for hydroxylation is 1. The highest BCUT2D eigenvalue weighted by Crippen LogP contribution is 2.21. The van der Waals surface area contributed by atoms with E-state index < -0.39 is 5.97 Å². The molecule has 1 aromatic heterocycles. The maximum Gasteiger partial charge on any atom is 0.331 e. The Labute approximate surface area is 140 Å². The summed E-state index contributed by atoms with van der Waals surface area (Å²) in [5.74, 6) is -1.12. The van der Waals surface area contributed by atoms with E-state index in [4.69, 9.17) is 4.74 Å². The van der Waals surface area contributed by atoms with Crippen LogP contribution in [0.3, 0.4) is 0 Å². The summed E-state index contributed by atoms with van der Waals surface area (Å²) in [6, 6.07) is 7.79. The average Bonchev–Trinajstić information content (AvgIpc) is 2.80. The quantitative estimate of drug-likeness (QED) is 0.474. The van der Waals surface area contributed by atoms with E-state index in [1.807, 2.05) is 18.4 Å². The van der Waals surface area contributed by atoms with E-state index in [1.54, 1.807) is 32.0 Å². The zero-order valence-electron chi connectivity index (χ0n) is 14.2. The molecule has 0 saturated heterocycles. The summed E-state index contributed by atoms with van der Waals surface area (Å²) in [5.41, 5.74) is 3.64. The topological polar surface area (TPSA) is 48.3 Å². The van der Waals surface area contributed by atoms with Gasteiger partial charge in [-0.15, -0.1) is 0 Å². The molecule has 24 heavy (non-hydrogen) atoms. The molecule has 5 heteroatoms. The number of carbonyl (C=O) groups is 2. The Morgan fingerprint density at radius 2 is 1.79 bits per heavy atom. The van der Waals surface area contributed by atoms with Gasteiger partial charge in [-0.3, -0.25) is 4.79 Å². The molecule has 0 amide bonds. The maximum absolute atomic E-state index is 13.1. The van der Waals surface area contributed by atoms with Crippen molar-refractivity contribution in [2.45, 2.75) is 27.7 Å². The maximum atomic E-state index is 13.1. The number of halogens is 1. The molecular formula is C19H20FNO3. The van der Waals surface area contributed by atoms with Crippen LogP contribution < -0.4 is 0 Å². The van der Waals surface area contributed by atoms with Crippen molar-refractivity contribution in [3.05, 3.63) is 64.7 Å². The highest BCUT2D eigenvalue weighted by atomic mass is 19.1. The molecule has 0 unspecified atom stereocenters. The van der Waals surface area contributed by atoms with Crippen molar-refractivity contribution in [1.29, 1.82) is 0 Å². The lowest BCUT2D eigenvalue weighted by Crippen LogP contribution is -2.13. The van der Waals surface area contributed by atoms with Crippen LogP contribution in [0.5, 0.6) is 0 Å². The van der Waals surface area contributed by atoms with Gasteiger partial charge in [0.2, 0.25) is 5.78 Å². The number of nitrogens with zero attached hydrogens (tertiary/aromatic N) is 1. The minimum atomic E-state index is -0.532. The summed E-state index contributed by atoms with van der Waals surface area (Å²) in [6.07, 6.45) is 1.34. The second kappa shape index (κ2) is 7.25. The van der Waals surface area contributed by atoms with E-state index in [0.717, 1.165) is 22.6 Å². The minimum Gasteiger partial charge on any atom is -0.454 e. The number of carbonyl (C=O) groups excluding carboxylic acids is 2. The molecule has 0 aliphatic rings. The van der Waals surface area contributed by atoms with Gasteiger partial charge in [-0.1, -0.05) is 5.57 Å². The van der Waals surface area contributed by atoms with Crippen LogP contribution in [0.15, 0.2) is 42.0 Å². The number of hydrogen-bond donors (Lipinski definition) is 0. The molecule has 0 saturated carbocycles. The van der Waals surface area contributed by atoms with Gasteiger partial charge in [-0.2, -0.15) is 0 Å². The Hall–Kier alpha value is -2.69. The van der Waals surface area contributed by atoms with Gasteiger partial charge in [-0.25, -0.2) is 9.18 Å². The molecule has 0 N–H and O–H groups in total. The molecule has 2 rings (SSSR count). The molecule has 0 aliphatic carbocycles. The molecule has 4 nitrogen and oxygen atoms in total. The number of ketones is 1. The Morgan fingerprint density at radius 3 is 2.38 bits per heavy atom. The lowest BCUT2D eigenvalue weighted by molar-refractivity contribution is -0.136. The van der Waals surface area contributed by atoms with Gasteiger partial charge in [0.1, 0.15) is 5.82 Å². The van der Waals surface area contributed by atoms with E-state index in [1.165, 1.54) is 18.2 Å². The molecule has 0 bridgehead atoms. The number of aromatic nitrogens is 1. The summed E-state index contributed by atoms with van der Waals surface area (Å²) in [7, 11) is 0. The third-order valence-electron chi connectivity index (χ3n) is 3.57. The summed E-state index contributed by atoms with van der Waals surface area (Å²) < 4.78 is 19.9. The number of allylic oxidation sites excluding steroid dienone is 1. The number of hydrogen-bond acceptors (Lipinski definition) is 3. The summed E-state index contributed by atoms with van der Waals surface area (Å²) in [4.78, 5) is 23.8. The molecule has 1 heterocycles. The van der Waals surface area contributed by atoms with Crippen molar-refractivity contribution in [1.82, 2.24) is 4.57 Å². The van der Waals surface area contributed by atoms with E-state index in [9.17, 15) is 14.0 Å². The van der Waals surface area contributed by atoms with Crippen LogP contribution in [-0.4, -0.2) is 22.9 Å². The standard InChI is InChI=1S/C19H20FNO3/c1-12(2)9-19(23)24-11-18(22)17-10-13(3)21(14(17)4)16-7-5-15(20)6-8-16/h5-10H,11H2,1-4H3. The predicted octanol–water partition coefficient (Wildman–Crippen LogP) is 3.93. The Bertz CT molecular complexity index is 797. The number of benzene rings is 1. The molecule has 126 valence electrons. The Balaban J connectivity index is 2.22. The number of esters is 1. The van der Waals surface area contributed by atoms with Crippen molar-refractivity contribution in [3.8, 4) is 5.69 Å². The fourth-order valence-corrected chi connectivity index (χ4v) is 2.52. The molecule has 0 radical (unpaired) electrons. The first-order valence-corrected chi connectivity index (χ1v) is 7.59. The van der Waals surface area contributed by atoms with Gasteiger partial charge >= 0.3 is 5.97 Å². The molecule has 0 aliphatic heterocycles. The van der Waals surface area contributed by atoms with Gasteiger partial charge in [0.25, 0.3) is 0 Å². The molecular weight excluding hydrogens is 309 g/mol. The van der Waals surface area contributed by atoms with Crippen LogP contribution in [0, 0.1) is 19.7 Å². The SMILES string of the molecule is CC(C)=CC(=O)OCC(=O)c1cc(C)n(-c2ccc(F)cc2)c1C. The van der Waals surface area contributed by atoms with Crippen LogP contribution in [0.4, 0.5) is 4.39 Å². The van der Waals surface area contributed by atoms with Crippen LogP contribution in [0.2, 0.25) is 0 Å². The van der Waals surface area contributed by atoms with Crippen molar-refractivity contribution in [2.24, 2.45) is 0 Å². The second-order valence-electron chi connectivity index (χ2n) is 5.85. The third-order valence-corrected chi connectivity index (χ3v) is 3.57. The highest BCUT2D eigenvalue weighted by molar-refractivity contribution is 6.00. The van der Waals surface area contributed by atoms with E-state index >= 15 is 0 Å². The minimum absolute atomic E-state index is 0.271. The van der Waals surface area contributed by atoms with Crippen LogP contribution in [-0.2, 0) is 9.53 Å². The Morgan fingerprint density at radius 1 is 1.17 bits per heavy atom. The second-order valence-corrected chi connectivity index (χ2v) is 5.85. The normalized spacial score (nSPS) is 10.4. The first-order chi connectivity index (χ1) is 11.3. The number of ether oxygens (including phenoxy) is 1. The lowest BCUT2D eigenvalue weighted by Gasteiger charge is -2.09. The molecule has 0 spiro atoms.